The van der Waals surface area contributed by atoms with E-state index in [1.807, 2.05) is 37.3 Å². The number of benzene rings is 1. The predicted octanol–water partition coefficient (Wildman–Crippen LogP) is 2.83. The smallest absolute Gasteiger partial charge is 0.0996 e. The Labute approximate surface area is 106 Å². The molecule has 1 unspecified atom stereocenters. The number of hydrogen-bond donors (Lipinski definition) is 1. The molecule has 0 amide bonds. The fourth-order valence-corrected chi connectivity index (χ4v) is 1.96. The average Bonchev–Trinajstić information content (AvgIpc) is 2.80. The summed E-state index contributed by atoms with van der Waals surface area (Å²) < 4.78 is 1.81. The molecule has 2 rings (SSSR count). The van der Waals surface area contributed by atoms with Crippen molar-refractivity contribution >= 4 is 11.6 Å². The summed E-state index contributed by atoms with van der Waals surface area (Å²) in [6.45, 7) is 2.77. The summed E-state index contributed by atoms with van der Waals surface area (Å²) in [5, 5.41) is 15.0. The molecule has 1 N–H and O–H groups in total. The molecule has 0 aliphatic carbocycles. The molecule has 0 saturated carbocycles. The van der Waals surface area contributed by atoms with Gasteiger partial charge in [-0.15, -0.1) is 0 Å². The van der Waals surface area contributed by atoms with Crippen LogP contribution in [0.25, 0.3) is 0 Å². The van der Waals surface area contributed by atoms with Gasteiger partial charge in [-0.05, 0) is 30.7 Å². The van der Waals surface area contributed by atoms with Gasteiger partial charge >= 0.3 is 0 Å². The molecule has 1 aromatic heterocycles. The van der Waals surface area contributed by atoms with Crippen molar-refractivity contribution in [3.05, 3.63) is 52.8 Å². The zero-order chi connectivity index (χ0) is 12.3. The summed E-state index contributed by atoms with van der Waals surface area (Å²) in [5.74, 6) is 0. The number of aromatic nitrogens is 2. The van der Waals surface area contributed by atoms with E-state index >= 15 is 0 Å². The van der Waals surface area contributed by atoms with Crippen LogP contribution in [0.3, 0.4) is 0 Å². The minimum Gasteiger partial charge on any atom is -0.386 e. The molecule has 0 spiro atoms. The van der Waals surface area contributed by atoms with Crippen LogP contribution in [0.4, 0.5) is 0 Å². The largest absolute Gasteiger partial charge is 0.386 e. The number of aliphatic hydroxyl groups excluding tert-OH is 1. The normalized spacial score (nSPS) is 12.6. The second kappa shape index (κ2) is 5.34. The highest BCUT2D eigenvalue weighted by Gasteiger charge is 2.12. The number of halogens is 1. The van der Waals surface area contributed by atoms with Crippen molar-refractivity contribution in [1.82, 2.24) is 9.78 Å². The van der Waals surface area contributed by atoms with Crippen LogP contribution in [0.5, 0.6) is 0 Å². The van der Waals surface area contributed by atoms with E-state index in [-0.39, 0.29) is 0 Å². The van der Waals surface area contributed by atoms with Crippen LogP contribution in [-0.2, 0) is 13.0 Å². The molecule has 0 bridgehead atoms. The van der Waals surface area contributed by atoms with Gasteiger partial charge in [-0.25, -0.2) is 0 Å². The van der Waals surface area contributed by atoms with Gasteiger partial charge < -0.3 is 5.11 Å². The topological polar surface area (TPSA) is 38.0 Å². The van der Waals surface area contributed by atoms with E-state index in [0.29, 0.717) is 11.4 Å². The highest BCUT2D eigenvalue weighted by Crippen LogP contribution is 2.19. The first kappa shape index (κ1) is 12.1. The van der Waals surface area contributed by atoms with Gasteiger partial charge in [-0.2, -0.15) is 5.10 Å². The molecule has 90 valence electrons. The third-order valence-electron chi connectivity index (χ3n) is 2.73. The lowest BCUT2D eigenvalue weighted by Crippen LogP contribution is -2.10. The summed E-state index contributed by atoms with van der Waals surface area (Å²) in [4.78, 5) is 0. The lowest BCUT2D eigenvalue weighted by Gasteiger charge is -2.12. The molecule has 3 nitrogen and oxygen atoms in total. The maximum absolute atomic E-state index is 10.2. The SMILES string of the molecule is CCn1nccc1C(O)Cc1ccc(Cl)cc1. The number of hydrogen-bond acceptors (Lipinski definition) is 2. The molecule has 4 heteroatoms. The van der Waals surface area contributed by atoms with Crippen molar-refractivity contribution in [2.45, 2.75) is 26.0 Å². The van der Waals surface area contributed by atoms with Gasteiger partial charge in [0.1, 0.15) is 0 Å². The van der Waals surface area contributed by atoms with Crippen LogP contribution in [0.2, 0.25) is 5.02 Å². The monoisotopic (exact) mass is 250 g/mol. The average molecular weight is 251 g/mol. The van der Waals surface area contributed by atoms with Gasteiger partial charge in [0, 0.05) is 24.2 Å². The van der Waals surface area contributed by atoms with Crippen molar-refractivity contribution in [1.29, 1.82) is 0 Å². The first-order valence-corrected chi connectivity index (χ1v) is 6.02. The Balaban J connectivity index is 2.11. The van der Waals surface area contributed by atoms with Crippen LogP contribution < -0.4 is 0 Å². The minimum atomic E-state index is -0.529. The first-order valence-electron chi connectivity index (χ1n) is 5.65. The highest BCUT2D eigenvalue weighted by atomic mass is 35.5. The van der Waals surface area contributed by atoms with Gasteiger partial charge in [0.15, 0.2) is 0 Å². The van der Waals surface area contributed by atoms with E-state index < -0.39 is 6.10 Å². The second-order valence-electron chi connectivity index (χ2n) is 3.92. The van der Waals surface area contributed by atoms with Crippen LogP contribution in [0.15, 0.2) is 36.5 Å². The summed E-state index contributed by atoms with van der Waals surface area (Å²) >= 11 is 5.82. The number of nitrogens with zero attached hydrogens (tertiary/aromatic N) is 2. The molecule has 0 fully saturated rings. The van der Waals surface area contributed by atoms with Crippen molar-refractivity contribution in [2.24, 2.45) is 0 Å². The van der Waals surface area contributed by atoms with Crippen molar-refractivity contribution in [3.8, 4) is 0 Å². The maximum Gasteiger partial charge on any atom is 0.0996 e. The van der Waals surface area contributed by atoms with E-state index in [1.54, 1.807) is 10.9 Å². The van der Waals surface area contributed by atoms with E-state index in [9.17, 15) is 5.11 Å². The summed E-state index contributed by atoms with van der Waals surface area (Å²) in [5.41, 5.74) is 1.91. The Hall–Kier alpha value is -1.32. The Kier molecular flexibility index (Phi) is 3.82. The Bertz CT molecular complexity index is 478. The van der Waals surface area contributed by atoms with Crippen LogP contribution in [0.1, 0.15) is 24.3 Å². The van der Waals surface area contributed by atoms with E-state index in [2.05, 4.69) is 5.10 Å². The molecule has 0 radical (unpaired) electrons. The van der Waals surface area contributed by atoms with Crippen molar-refractivity contribution in [3.63, 3.8) is 0 Å². The zero-order valence-electron chi connectivity index (χ0n) is 9.68. The second-order valence-corrected chi connectivity index (χ2v) is 4.35. The number of rotatable bonds is 4. The van der Waals surface area contributed by atoms with E-state index in [1.165, 1.54) is 0 Å². The molecule has 17 heavy (non-hydrogen) atoms. The molecule has 0 aliphatic heterocycles. The lowest BCUT2D eigenvalue weighted by molar-refractivity contribution is 0.167. The maximum atomic E-state index is 10.2. The Morgan fingerprint density at radius 1 is 1.29 bits per heavy atom. The quantitative estimate of drug-likeness (QED) is 0.906. The highest BCUT2D eigenvalue weighted by molar-refractivity contribution is 6.30. The molecular formula is C13H15ClN2O. The third kappa shape index (κ3) is 2.87. The van der Waals surface area contributed by atoms with Crippen LogP contribution in [-0.4, -0.2) is 14.9 Å². The molecule has 1 heterocycles. The van der Waals surface area contributed by atoms with Gasteiger partial charge in [0.2, 0.25) is 0 Å². The number of aryl methyl sites for hydroxylation is 1. The molecule has 1 aromatic carbocycles. The van der Waals surface area contributed by atoms with Crippen LogP contribution in [0, 0.1) is 0 Å². The molecule has 2 aromatic rings. The summed E-state index contributed by atoms with van der Waals surface area (Å²) in [7, 11) is 0. The fraction of sp³-hybridized carbons (Fsp3) is 0.308. The van der Waals surface area contributed by atoms with Gasteiger partial charge in [0.25, 0.3) is 0 Å². The van der Waals surface area contributed by atoms with E-state index in [0.717, 1.165) is 17.8 Å². The van der Waals surface area contributed by atoms with E-state index in [4.69, 9.17) is 11.6 Å². The first-order chi connectivity index (χ1) is 8.20. The summed E-state index contributed by atoms with van der Waals surface area (Å²) in [6.07, 6.45) is 1.76. The van der Waals surface area contributed by atoms with Gasteiger partial charge in [-0.3, -0.25) is 4.68 Å². The number of aliphatic hydroxyl groups is 1. The van der Waals surface area contributed by atoms with Gasteiger partial charge in [-0.1, -0.05) is 23.7 Å². The fourth-order valence-electron chi connectivity index (χ4n) is 1.84. The Morgan fingerprint density at radius 3 is 2.65 bits per heavy atom. The molecule has 0 aliphatic rings. The third-order valence-corrected chi connectivity index (χ3v) is 2.98. The minimum absolute atomic E-state index is 0.529. The zero-order valence-corrected chi connectivity index (χ0v) is 10.4. The van der Waals surface area contributed by atoms with Crippen molar-refractivity contribution < 1.29 is 5.11 Å². The predicted molar refractivity (Wildman–Crippen MR) is 68.0 cm³/mol. The summed E-state index contributed by atoms with van der Waals surface area (Å²) in [6, 6.07) is 9.38. The molecule has 0 saturated heterocycles. The van der Waals surface area contributed by atoms with Crippen LogP contribution >= 0.6 is 11.6 Å². The van der Waals surface area contributed by atoms with Gasteiger partial charge in [0.05, 0.1) is 11.8 Å². The standard InChI is InChI=1S/C13H15ClN2O/c1-2-16-12(7-8-15-16)13(17)9-10-3-5-11(14)6-4-10/h3-8,13,17H,2,9H2,1H3. The lowest BCUT2D eigenvalue weighted by atomic mass is 10.1. The molecule has 1 atom stereocenters. The molecular weight excluding hydrogens is 236 g/mol. The Morgan fingerprint density at radius 2 is 2.00 bits per heavy atom. The van der Waals surface area contributed by atoms with Crippen molar-refractivity contribution in [2.75, 3.05) is 0 Å².